The fourth-order valence-corrected chi connectivity index (χ4v) is 2.36. The molecule has 0 saturated carbocycles. The Bertz CT molecular complexity index is 708. The Morgan fingerprint density at radius 3 is 2.81 bits per heavy atom. The number of nitrogens with zero attached hydrogens (tertiary/aromatic N) is 1. The summed E-state index contributed by atoms with van der Waals surface area (Å²) in [6.45, 7) is 1.87. The summed E-state index contributed by atoms with van der Waals surface area (Å²) >= 11 is 14.4. The lowest BCUT2D eigenvalue weighted by Crippen LogP contribution is -2.34. The van der Waals surface area contributed by atoms with Gasteiger partial charge in [0.15, 0.2) is 5.11 Å². The molecular weight excluding hydrogens is 374 g/mol. The lowest BCUT2D eigenvalue weighted by atomic mass is 10.2. The van der Waals surface area contributed by atoms with E-state index in [9.17, 15) is 4.79 Å². The van der Waals surface area contributed by atoms with Crippen LogP contribution < -0.4 is 10.6 Å². The Labute approximate surface area is 141 Å². The first-order valence-electron chi connectivity index (χ1n) is 5.97. The monoisotopic (exact) mass is 383 g/mol. The number of aromatic nitrogens is 1. The number of thiocarbonyl (C=S) groups is 1. The third-order valence-corrected chi connectivity index (χ3v) is 3.56. The molecule has 108 valence electrons. The summed E-state index contributed by atoms with van der Waals surface area (Å²) in [5, 5.41) is 5.93. The molecule has 7 heteroatoms. The van der Waals surface area contributed by atoms with E-state index in [1.54, 1.807) is 24.3 Å². The smallest absolute Gasteiger partial charge is 0.258 e. The van der Waals surface area contributed by atoms with Crippen LogP contribution in [0.5, 0.6) is 0 Å². The zero-order valence-corrected chi connectivity index (χ0v) is 14.1. The maximum absolute atomic E-state index is 12.1. The Morgan fingerprint density at radius 1 is 1.33 bits per heavy atom. The van der Waals surface area contributed by atoms with Crippen LogP contribution in [-0.2, 0) is 0 Å². The number of hydrogen-bond acceptors (Lipinski definition) is 3. The van der Waals surface area contributed by atoms with Crippen LogP contribution in [0.15, 0.2) is 40.9 Å². The van der Waals surface area contributed by atoms with Gasteiger partial charge in [0.05, 0.1) is 10.6 Å². The third-order valence-electron chi connectivity index (χ3n) is 2.53. The van der Waals surface area contributed by atoms with Gasteiger partial charge in [0.2, 0.25) is 0 Å². The van der Waals surface area contributed by atoms with E-state index in [-0.39, 0.29) is 11.0 Å². The standard InChI is InChI=1S/C14H11BrClN3OS/c1-8-3-2-4-12(17-8)18-14(21)19-13(20)10-7-9(15)5-6-11(10)16/h2-7H,1H3,(H2,17,18,19,20,21). The van der Waals surface area contributed by atoms with Gasteiger partial charge in [-0.05, 0) is 49.5 Å². The molecule has 1 heterocycles. The minimum Gasteiger partial charge on any atom is -0.317 e. The fraction of sp³-hybridized carbons (Fsp3) is 0.0714. The first-order chi connectivity index (χ1) is 9.95. The minimum atomic E-state index is -0.383. The lowest BCUT2D eigenvalue weighted by molar-refractivity contribution is 0.0978. The van der Waals surface area contributed by atoms with E-state index in [1.807, 2.05) is 19.1 Å². The number of carbonyl (C=O) groups excluding carboxylic acids is 1. The van der Waals surface area contributed by atoms with Gasteiger partial charge in [-0.25, -0.2) is 4.98 Å². The third kappa shape index (κ3) is 4.49. The molecule has 0 saturated heterocycles. The average molecular weight is 385 g/mol. The molecule has 0 aliphatic rings. The highest BCUT2D eigenvalue weighted by atomic mass is 79.9. The van der Waals surface area contributed by atoms with Crippen LogP contribution in [0.2, 0.25) is 5.02 Å². The number of rotatable bonds is 2. The summed E-state index contributed by atoms with van der Waals surface area (Å²) in [4.78, 5) is 16.4. The number of pyridine rings is 1. The van der Waals surface area contributed by atoms with Crippen molar-refractivity contribution in [2.45, 2.75) is 6.92 Å². The van der Waals surface area contributed by atoms with Crippen molar-refractivity contribution in [3.63, 3.8) is 0 Å². The molecule has 0 fully saturated rings. The molecule has 1 aromatic carbocycles. The van der Waals surface area contributed by atoms with Crippen molar-refractivity contribution >= 4 is 56.6 Å². The van der Waals surface area contributed by atoms with Gasteiger partial charge in [0.25, 0.3) is 5.91 Å². The molecule has 4 nitrogen and oxygen atoms in total. The molecule has 2 aromatic rings. The number of amides is 1. The zero-order chi connectivity index (χ0) is 15.4. The van der Waals surface area contributed by atoms with E-state index in [2.05, 4.69) is 31.5 Å². The number of benzene rings is 1. The molecule has 0 aliphatic carbocycles. The van der Waals surface area contributed by atoms with Crippen LogP contribution in [0.25, 0.3) is 0 Å². The van der Waals surface area contributed by atoms with Gasteiger partial charge in [-0.1, -0.05) is 33.6 Å². The second-order valence-electron chi connectivity index (χ2n) is 4.20. The lowest BCUT2D eigenvalue weighted by Gasteiger charge is -2.10. The maximum Gasteiger partial charge on any atom is 0.258 e. The minimum absolute atomic E-state index is 0.161. The Balaban J connectivity index is 2.05. The largest absolute Gasteiger partial charge is 0.317 e. The van der Waals surface area contributed by atoms with Crippen molar-refractivity contribution in [1.29, 1.82) is 0 Å². The van der Waals surface area contributed by atoms with Crippen molar-refractivity contribution in [1.82, 2.24) is 10.3 Å². The van der Waals surface area contributed by atoms with Crippen molar-refractivity contribution in [2.24, 2.45) is 0 Å². The average Bonchev–Trinajstić information content (AvgIpc) is 2.41. The van der Waals surface area contributed by atoms with E-state index >= 15 is 0 Å². The summed E-state index contributed by atoms with van der Waals surface area (Å²) < 4.78 is 0.760. The highest BCUT2D eigenvalue weighted by molar-refractivity contribution is 9.10. The molecule has 2 N–H and O–H groups in total. The SMILES string of the molecule is Cc1cccc(NC(=S)NC(=O)c2cc(Br)ccc2Cl)n1. The van der Waals surface area contributed by atoms with Gasteiger partial charge in [0, 0.05) is 10.2 Å². The van der Waals surface area contributed by atoms with Gasteiger partial charge in [-0.3, -0.25) is 10.1 Å². The summed E-state index contributed by atoms with van der Waals surface area (Å²) in [5.74, 6) is 0.187. The summed E-state index contributed by atoms with van der Waals surface area (Å²) in [5.41, 5.74) is 1.19. The molecule has 1 aromatic heterocycles. The molecule has 1 amide bonds. The molecule has 0 unspecified atom stereocenters. The first kappa shape index (κ1) is 15.9. The number of aryl methyl sites for hydroxylation is 1. The Morgan fingerprint density at radius 2 is 2.10 bits per heavy atom. The van der Waals surface area contributed by atoms with Crippen LogP contribution in [0.1, 0.15) is 16.1 Å². The van der Waals surface area contributed by atoms with E-state index in [4.69, 9.17) is 23.8 Å². The van der Waals surface area contributed by atoms with Gasteiger partial charge in [-0.15, -0.1) is 0 Å². The normalized spacial score (nSPS) is 10.0. The molecule has 0 aliphatic heterocycles. The summed E-state index contributed by atoms with van der Waals surface area (Å²) in [7, 11) is 0. The zero-order valence-electron chi connectivity index (χ0n) is 11.0. The second-order valence-corrected chi connectivity index (χ2v) is 5.93. The van der Waals surface area contributed by atoms with Gasteiger partial charge < -0.3 is 5.32 Å². The highest BCUT2D eigenvalue weighted by Gasteiger charge is 2.12. The highest BCUT2D eigenvalue weighted by Crippen LogP contribution is 2.20. The van der Waals surface area contributed by atoms with Crippen LogP contribution in [0, 0.1) is 6.92 Å². The van der Waals surface area contributed by atoms with Crippen molar-refractivity contribution < 1.29 is 4.79 Å². The number of nitrogens with one attached hydrogen (secondary N) is 2. The van der Waals surface area contributed by atoms with Gasteiger partial charge in [0.1, 0.15) is 5.82 Å². The number of halogens is 2. The number of hydrogen-bond donors (Lipinski definition) is 2. The van der Waals surface area contributed by atoms with Gasteiger partial charge in [-0.2, -0.15) is 0 Å². The van der Waals surface area contributed by atoms with Crippen molar-refractivity contribution in [2.75, 3.05) is 5.32 Å². The molecular formula is C14H11BrClN3OS. The Kier molecular flexibility index (Phi) is 5.27. The topological polar surface area (TPSA) is 54.0 Å². The van der Waals surface area contributed by atoms with Crippen molar-refractivity contribution in [3.8, 4) is 0 Å². The molecule has 0 spiro atoms. The summed E-state index contributed by atoms with van der Waals surface area (Å²) in [6, 6.07) is 10.5. The van der Waals surface area contributed by atoms with Crippen LogP contribution in [-0.4, -0.2) is 16.0 Å². The van der Waals surface area contributed by atoms with Crippen molar-refractivity contribution in [3.05, 3.63) is 57.2 Å². The van der Waals surface area contributed by atoms with E-state index in [0.29, 0.717) is 16.4 Å². The predicted octanol–water partition coefficient (Wildman–Crippen LogP) is 3.93. The fourth-order valence-electron chi connectivity index (χ4n) is 1.60. The molecule has 0 atom stereocenters. The van der Waals surface area contributed by atoms with Crippen LogP contribution in [0.4, 0.5) is 5.82 Å². The van der Waals surface area contributed by atoms with Crippen LogP contribution >= 0.6 is 39.7 Å². The molecule has 2 rings (SSSR count). The first-order valence-corrected chi connectivity index (χ1v) is 7.54. The molecule has 21 heavy (non-hydrogen) atoms. The number of anilines is 1. The Hall–Kier alpha value is -1.50. The van der Waals surface area contributed by atoms with Gasteiger partial charge >= 0.3 is 0 Å². The van der Waals surface area contributed by atoms with E-state index in [0.717, 1.165) is 10.2 Å². The summed E-state index contributed by atoms with van der Waals surface area (Å²) in [6.07, 6.45) is 0. The molecule has 0 radical (unpaired) electrons. The molecule has 0 bridgehead atoms. The van der Waals surface area contributed by atoms with Crippen LogP contribution in [0.3, 0.4) is 0 Å². The number of carbonyl (C=O) groups is 1. The van der Waals surface area contributed by atoms with E-state index in [1.165, 1.54) is 0 Å². The van der Waals surface area contributed by atoms with E-state index < -0.39 is 0 Å². The predicted molar refractivity (Wildman–Crippen MR) is 91.8 cm³/mol. The maximum atomic E-state index is 12.1. The quantitative estimate of drug-likeness (QED) is 0.770. The second kappa shape index (κ2) is 6.98.